The molecule has 0 bridgehead atoms. The molecule has 2 aliphatic rings. The number of aliphatic imine (C=N–C) groups is 1. The van der Waals surface area contributed by atoms with Crippen LogP contribution in [0.1, 0.15) is 23.1 Å². The first-order chi connectivity index (χ1) is 20.5. The summed E-state index contributed by atoms with van der Waals surface area (Å²) in [6, 6.07) is 7.85. The van der Waals surface area contributed by atoms with Crippen molar-refractivity contribution in [3.63, 3.8) is 0 Å². The highest BCUT2D eigenvalue weighted by Crippen LogP contribution is 2.27. The lowest BCUT2D eigenvalue weighted by molar-refractivity contribution is -0.114. The van der Waals surface area contributed by atoms with Crippen LogP contribution in [0.3, 0.4) is 0 Å². The summed E-state index contributed by atoms with van der Waals surface area (Å²) in [5.74, 6) is -0.146. The van der Waals surface area contributed by atoms with E-state index in [2.05, 4.69) is 38.2 Å². The lowest BCUT2D eigenvalue weighted by atomic mass is 10.1. The molecule has 0 radical (unpaired) electrons. The van der Waals surface area contributed by atoms with E-state index in [-0.39, 0.29) is 11.9 Å². The number of anilines is 2. The maximum atomic E-state index is 12.9. The van der Waals surface area contributed by atoms with Gasteiger partial charge in [0.15, 0.2) is 5.13 Å². The molecule has 43 heavy (non-hydrogen) atoms. The fourth-order valence-corrected chi connectivity index (χ4v) is 5.69. The van der Waals surface area contributed by atoms with Crippen molar-refractivity contribution in [1.82, 2.24) is 24.6 Å². The topological polar surface area (TPSA) is 197 Å². The third-order valence-corrected chi connectivity index (χ3v) is 7.85. The smallest absolute Gasteiger partial charge is 0.432 e. The van der Waals surface area contributed by atoms with Gasteiger partial charge in [-0.1, -0.05) is 12.1 Å². The van der Waals surface area contributed by atoms with Gasteiger partial charge in [-0.25, -0.2) is 19.4 Å². The van der Waals surface area contributed by atoms with Crippen molar-refractivity contribution >= 4 is 52.6 Å². The summed E-state index contributed by atoms with van der Waals surface area (Å²) in [5, 5.41) is 22.0. The number of carbonyl (C=O) groups excluding carboxylic acids is 2. The molecular formula is C27H39N9O6S. The van der Waals surface area contributed by atoms with Crippen molar-refractivity contribution < 1.29 is 29.4 Å². The summed E-state index contributed by atoms with van der Waals surface area (Å²) in [6.07, 6.45) is 0.0517. The quantitative estimate of drug-likeness (QED) is 0.216. The molecule has 0 atom stereocenters. The average Bonchev–Trinajstić information content (AvgIpc) is 3.32. The lowest BCUT2D eigenvalue weighted by Crippen LogP contribution is -2.56. The van der Waals surface area contributed by atoms with Crippen LogP contribution >= 0.6 is 11.3 Å². The minimum atomic E-state index is -1.33. The largest absolute Gasteiger partial charge is 0.465 e. The van der Waals surface area contributed by atoms with Gasteiger partial charge >= 0.3 is 18.2 Å². The van der Waals surface area contributed by atoms with Crippen LogP contribution in [-0.4, -0.2) is 125 Å². The summed E-state index contributed by atoms with van der Waals surface area (Å²) in [7, 11) is 2.09. The summed E-state index contributed by atoms with van der Waals surface area (Å²) >= 11 is 1.51. The molecule has 5 amide bonds. The normalized spacial score (nSPS) is 16.0. The Hall–Kier alpha value is -4.28. The molecule has 0 spiro atoms. The van der Waals surface area contributed by atoms with Gasteiger partial charge < -0.3 is 41.3 Å². The molecule has 0 saturated carbocycles. The molecule has 1 aromatic heterocycles. The SMILES string of the molecule is CC(=O)Nc1nc(CCc2ccc(NC=NC(=O)O)cc2)c(CN2CCN(C(=O)N3CCN(C)CC3)CC2)s1.NC(=O)O. The third kappa shape index (κ3) is 11.5. The number of likely N-dealkylation sites (N-methyl/N-ethyl adjacent to an activating group) is 1. The van der Waals surface area contributed by atoms with Crippen LogP contribution < -0.4 is 16.4 Å². The number of benzene rings is 1. The van der Waals surface area contributed by atoms with E-state index >= 15 is 0 Å². The molecule has 0 unspecified atom stereocenters. The van der Waals surface area contributed by atoms with E-state index in [9.17, 15) is 14.4 Å². The number of nitrogens with one attached hydrogen (secondary N) is 2. The minimum absolute atomic E-state index is 0.143. The predicted octanol–water partition coefficient (Wildman–Crippen LogP) is 2.11. The van der Waals surface area contributed by atoms with Gasteiger partial charge in [0.1, 0.15) is 0 Å². The van der Waals surface area contributed by atoms with Crippen LogP contribution in [0.2, 0.25) is 0 Å². The zero-order chi connectivity index (χ0) is 31.4. The highest BCUT2D eigenvalue weighted by Gasteiger charge is 2.27. The first-order valence-electron chi connectivity index (χ1n) is 13.8. The Labute approximate surface area is 254 Å². The summed E-state index contributed by atoms with van der Waals surface area (Å²) in [6.45, 7) is 8.61. The van der Waals surface area contributed by atoms with Crippen molar-refractivity contribution in [3.8, 4) is 0 Å². The Morgan fingerprint density at radius 1 is 0.977 bits per heavy atom. The number of piperazine rings is 2. The van der Waals surface area contributed by atoms with Crippen molar-refractivity contribution in [2.24, 2.45) is 10.7 Å². The molecule has 6 N–H and O–H groups in total. The van der Waals surface area contributed by atoms with Crippen molar-refractivity contribution in [1.29, 1.82) is 0 Å². The van der Waals surface area contributed by atoms with Gasteiger partial charge in [0, 0.05) is 76.4 Å². The maximum absolute atomic E-state index is 12.9. The number of primary amides is 1. The van der Waals surface area contributed by atoms with Gasteiger partial charge in [-0.2, -0.15) is 4.99 Å². The second kappa shape index (κ2) is 16.4. The first-order valence-corrected chi connectivity index (χ1v) is 14.6. The molecule has 2 saturated heterocycles. The maximum Gasteiger partial charge on any atom is 0.432 e. The van der Waals surface area contributed by atoms with Gasteiger partial charge in [-0.05, 0) is 37.6 Å². The second-order valence-electron chi connectivity index (χ2n) is 10.1. The zero-order valence-electron chi connectivity index (χ0n) is 24.4. The van der Waals surface area contributed by atoms with Crippen molar-refractivity contribution in [2.75, 3.05) is 70.0 Å². The van der Waals surface area contributed by atoms with E-state index in [0.717, 1.165) is 86.8 Å². The third-order valence-electron chi connectivity index (χ3n) is 6.86. The second-order valence-corrected chi connectivity index (χ2v) is 11.2. The Morgan fingerprint density at radius 2 is 1.56 bits per heavy atom. The standard InChI is InChI=1S/C26H36N8O4S.CH3NO2/c1-19(35)29-24-30-22(8-5-20-3-6-21(7-4-20)27-18-28-25(36)37)23(39-24)17-32-11-15-34(16-12-32)26(38)33-13-9-31(2)10-14-33;2-1(3)4/h3-4,6-7,18H,5,8-17H2,1-2H3,(H,27,28)(H,36,37)(H,29,30,35);2H2,(H,3,4). The Kier molecular flexibility index (Phi) is 12.7. The van der Waals surface area contributed by atoms with Crippen LogP contribution in [0.4, 0.5) is 25.2 Å². The summed E-state index contributed by atoms with van der Waals surface area (Å²) in [5.41, 5.74) is 6.86. The number of hydrogen-bond acceptors (Lipinski definition) is 8. The van der Waals surface area contributed by atoms with Crippen LogP contribution in [-0.2, 0) is 24.2 Å². The zero-order valence-corrected chi connectivity index (χ0v) is 25.2. The van der Waals surface area contributed by atoms with Gasteiger partial charge in [-0.3, -0.25) is 9.69 Å². The molecule has 234 valence electrons. The number of rotatable bonds is 8. The van der Waals surface area contributed by atoms with Crippen LogP contribution in [0.15, 0.2) is 29.3 Å². The number of carboxylic acid groups (broad SMARTS) is 2. The Bertz CT molecular complexity index is 1270. The van der Waals surface area contributed by atoms with Crippen LogP contribution in [0.25, 0.3) is 0 Å². The van der Waals surface area contributed by atoms with Crippen molar-refractivity contribution in [3.05, 3.63) is 40.4 Å². The number of aryl methyl sites for hydroxylation is 2. The number of amides is 5. The van der Waals surface area contributed by atoms with Gasteiger partial charge in [0.2, 0.25) is 5.91 Å². The molecule has 2 fully saturated rings. The van der Waals surface area contributed by atoms with E-state index < -0.39 is 12.2 Å². The number of thiazole rings is 1. The first kappa shape index (κ1) is 33.2. The molecule has 3 heterocycles. The average molecular weight is 618 g/mol. The number of nitrogens with zero attached hydrogens (tertiary/aromatic N) is 6. The molecular weight excluding hydrogens is 578 g/mol. The monoisotopic (exact) mass is 617 g/mol. The van der Waals surface area contributed by atoms with Crippen LogP contribution in [0.5, 0.6) is 0 Å². The number of urea groups is 1. The van der Waals surface area contributed by atoms with E-state index in [0.29, 0.717) is 18.2 Å². The molecule has 15 nitrogen and oxygen atoms in total. The highest BCUT2D eigenvalue weighted by molar-refractivity contribution is 7.15. The number of hydrogen-bond donors (Lipinski definition) is 5. The minimum Gasteiger partial charge on any atom is -0.465 e. The predicted molar refractivity (Wildman–Crippen MR) is 164 cm³/mol. The molecule has 16 heteroatoms. The number of carbonyl (C=O) groups is 4. The molecule has 4 rings (SSSR count). The van der Waals surface area contributed by atoms with Gasteiger partial charge in [0.25, 0.3) is 0 Å². The Morgan fingerprint density at radius 3 is 2.12 bits per heavy atom. The molecule has 1 aromatic carbocycles. The van der Waals surface area contributed by atoms with E-state index in [1.54, 1.807) is 0 Å². The van der Waals surface area contributed by atoms with Crippen LogP contribution in [0, 0.1) is 0 Å². The molecule has 2 aromatic rings. The van der Waals surface area contributed by atoms with E-state index in [1.807, 2.05) is 34.1 Å². The lowest BCUT2D eigenvalue weighted by Gasteiger charge is -2.39. The van der Waals surface area contributed by atoms with Gasteiger partial charge in [-0.15, -0.1) is 11.3 Å². The summed E-state index contributed by atoms with van der Waals surface area (Å²) < 4.78 is 0. The number of nitrogens with two attached hydrogens (primary N) is 1. The fourth-order valence-electron chi connectivity index (χ4n) is 4.60. The molecule has 2 aliphatic heterocycles. The number of aromatic nitrogens is 1. The highest BCUT2D eigenvalue weighted by atomic mass is 32.1. The van der Waals surface area contributed by atoms with Gasteiger partial charge in [0.05, 0.1) is 12.0 Å². The van der Waals surface area contributed by atoms with E-state index in [4.69, 9.17) is 20.0 Å². The van der Waals surface area contributed by atoms with Crippen molar-refractivity contribution in [2.45, 2.75) is 26.3 Å². The van der Waals surface area contributed by atoms with E-state index in [1.165, 1.54) is 18.3 Å². The fraction of sp³-hybridized carbons (Fsp3) is 0.481. The molecule has 0 aliphatic carbocycles. The Balaban J connectivity index is 0.00000119. The summed E-state index contributed by atoms with van der Waals surface area (Å²) in [4.78, 5) is 61.5.